The van der Waals surface area contributed by atoms with Crippen LogP contribution in [0.15, 0.2) is 41.7 Å². The van der Waals surface area contributed by atoms with Crippen LogP contribution in [0.1, 0.15) is 5.56 Å². The molecule has 4 rings (SSSR count). The first-order valence-electron chi connectivity index (χ1n) is 8.70. The average Bonchev–Trinajstić information content (AvgIpc) is 3.27. The first-order valence-corrected chi connectivity index (χ1v) is 10.5. The van der Waals surface area contributed by atoms with Gasteiger partial charge in [-0.2, -0.15) is 0 Å². The smallest absolute Gasteiger partial charge is 0.191 e. The molecule has 0 aliphatic heterocycles. The maximum absolute atomic E-state index is 14.0. The summed E-state index contributed by atoms with van der Waals surface area (Å²) >= 11 is 2.71. The molecule has 3 aromatic heterocycles. The maximum Gasteiger partial charge on any atom is 0.191 e. The van der Waals surface area contributed by atoms with Crippen molar-refractivity contribution in [2.24, 2.45) is 0 Å². The second kappa shape index (κ2) is 8.44. The Hall–Kier alpha value is -2.56. The van der Waals surface area contributed by atoms with E-state index in [0.717, 1.165) is 27.2 Å². The van der Waals surface area contributed by atoms with Crippen LogP contribution in [0.4, 0.5) is 14.5 Å². The van der Waals surface area contributed by atoms with Crippen molar-refractivity contribution in [3.8, 4) is 10.7 Å². The molecule has 2 N–H and O–H groups in total. The van der Waals surface area contributed by atoms with Gasteiger partial charge in [-0.25, -0.2) is 13.8 Å². The molecule has 0 aliphatic rings. The van der Waals surface area contributed by atoms with E-state index in [9.17, 15) is 8.78 Å². The second-order valence-corrected chi connectivity index (χ2v) is 8.12. The Morgan fingerprint density at radius 2 is 2.10 bits per heavy atom. The van der Waals surface area contributed by atoms with Gasteiger partial charge < -0.3 is 10.5 Å². The molecular weight excluding hydrogens is 416 g/mol. The van der Waals surface area contributed by atoms with Gasteiger partial charge in [-0.15, -0.1) is 21.5 Å². The first-order chi connectivity index (χ1) is 14.1. The minimum absolute atomic E-state index is 0.220. The normalized spacial score (nSPS) is 11.4. The summed E-state index contributed by atoms with van der Waals surface area (Å²) in [5, 5.41) is 10.0. The molecule has 0 saturated heterocycles. The van der Waals surface area contributed by atoms with Gasteiger partial charge in [-0.1, -0.05) is 11.8 Å². The molecule has 29 heavy (non-hydrogen) atoms. The van der Waals surface area contributed by atoms with Gasteiger partial charge in [0.15, 0.2) is 11.0 Å². The summed E-state index contributed by atoms with van der Waals surface area (Å²) < 4.78 is 34.5. The number of fused-ring (bicyclic) bond motifs is 1. The van der Waals surface area contributed by atoms with Crippen molar-refractivity contribution in [3.05, 3.63) is 53.7 Å². The standard InChI is InChI=1S/C19H17F2N5OS2/c1-27-8-7-26-17(16-15(22)13-3-2-6-23-18(13)29-16)24-25-19(26)28-10-11-9-12(20)4-5-14(11)21/h2-6,9H,7-8,10,22H2,1H3. The number of aromatic nitrogens is 4. The van der Waals surface area contributed by atoms with E-state index in [1.807, 2.05) is 16.7 Å². The number of thiophene rings is 1. The highest BCUT2D eigenvalue weighted by Crippen LogP contribution is 2.40. The Morgan fingerprint density at radius 1 is 1.24 bits per heavy atom. The van der Waals surface area contributed by atoms with Crippen molar-refractivity contribution in [3.63, 3.8) is 0 Å². The largest absolute Gasteiger partial charge is 0.397 e. The van der Waals surface area contributed by atoms with Gasteiger partial charge in [0.25, 0.3) is 0 Å². The van der Waals surface area contributed by atoms with Crippen LogP contribution in [0, 0.1) is 11.6 Å². The lowest BCUT2D eigenvalue weighted by Crippen LogP contribution is -2.07. The molecule has 0 bridgehead atoms. The molecule has 0 spiro atoms. The summed E-state index contributed by atoms with van der Waals surface area (Å²) in [4.78, 5) is 5.94. The van der Waals surface area contributed by atoms with Gasteiger partial charge in [0.1, 0.15) is 16.5 Å². The number of hydrogen-bond donors (Lipinski definition) is 1. The van der Waals surface area contributed by atoms with E-state index in [1.54, 1.807) is 13.3 Å². The van der Waals surface area contributed by atoms with Crippen LogP contribution in [0.3, 0.4) is 0 Å². The number of halogens is 2. The van der Waals surface area contributed by atoms with E-state index < -0.39 is 11.6 Å². The predicted octanol–water partition coefficient (Wildman–Crippen LogP) is 4.35. The molecule has 1 aromatic carbocycles. The van der Waals surface area contributed by atoms with Crippen LogP contribution in [-0.4, -0.2) is 33.5 Å². The minimum atomic E-state index is -0.478. The van der Waals surface area contributed by atoms with Crippen LogP contribution in [0.5, 0.6) is 0 Å². The van der Waals surface area contributed by atoms with Crippen LogP contribution < -0.4 is 5.73 Å². The van der Waals surface area contributed by atoms with Crippen molar-refractivity contribution in [2.45, 2.75) is 17.5 Å². The summed E-state index contributed by atoms with van der Waals surface area (Å²) in [7, 11) is 1.61. The second-order valence-electron chi connectivity index (χ2n) is 6.18. The zero-order chi connectivity index (χ0) is 20.4. The van der Waals surface area contributed by atoms with E-state index in [-0.39, 0.29) is 11.3 Å². The lowest BCUT2D eigenvalue weighted by Gasteiger charge is -2.09. The van der Waals surface area contributed by atoms with Gasteiger partial charge >= 0.3 is 0 Å². The highest BCUT2D eigenvalue weighted by Gasteiger charge is 2.21. The van der Waals surface area contributed by atoms with Crippen molar-refractivity contribution in [1.29, 1.82) is 0 Å². The summed E-state index contributed by atoms with van der Waals surface area (Å²) in [6.07, 6.45) is 1.71. The lowest BCUT2D eigenvalue weighted by atomic mass is 10.2. The Balaban J connectivity index is 1.69. The van der Waals surface area contributed by atoms with Crippen molar-refractivity contribution in [1.82, 2.24) is 19.7 Å². The molecule has 0 fully saturated rings. The predicted molar refractivity (Wildman–Crippen MR) is 111 cm³/mol. The Kier molecular flexibility index (Phi) is 5.74. The van der Waals surface area contributed by atoms with E-state index >= 15 is 0 Å². The number of methoxy groups -OCH3 is 1. The number of rotatable bonds is 7. The molecule has 0 aliphatic carbocycles. The van der Waals surface area contributed by atoms with E-state index in [4.69, 9.17) is 10.5 Å². The Morgan fingerprint density at radius 3 is 2.90 bits per heavy atom. The topological polar surface area (TPSA) is 78.8 Å². The third-order valence-electron chi connectivity index (χ3n) is 4.31. The average molecular weight is 434 g/mol. The van der Waals surface area contributed by atoms with E-state index in [1.165, 1.54) is 29.2 Å². The van der Waals surface area contributed by atoms with Gasteiger partial charge in [-0.3, -0.25) is 4.57 Å². The Bertz CT molecular complexity index is 1160. The molecule has 0 amide bonds. The first kappa shape index (κ1) is 19.7. The number of thioether (sulfide) groups is 1. The number of nitrogen functional groups attached to an aromatic ring is 1. The number of anilines is 1. The zero-order valence-corrected chi connectivity index (χ0v) is 17.1. The highest BCUT2D eigenvalue weighted by atomic mass is 32.2. The number of benzene rings is 1. The number of nitrogens with zero attached hydrogens (tertiary/aromatic N) is 4. The van der Waals surface area contributed by atoms with Gasteiger partial charge in [0.05, 0.1) is 23.7 Å². The lowest BCUT2D eigenvalue weighted by molar-refractivity contribution is 0.185. The van der Waals surface area contributed by atoms with Gasteiger partial charge in [0.2, 0.25) is 0 Å². The van der Waals surface area contributed by atoms with Gasteiger partial charge in [0, 0.05) is 30.0 Å². The Labute approximate surface area is 173 Å². The van der Waals surface area contributed by atoms with Crippen molar-refractivity contribution >= 4 is 39.0 Å². The summed E-state index contributed by atoms with van der Waals surface area (Å²) in [5.74, 6) is -0.112. The SMILES string of the molecule is COCCn1c(SCc2cc(F)ccc2F)nnc1-c1sc2ncccc2c1N. The fourth-order valence-corrected chi connectivity index (χ4v) is 4.86. The van der Waals surface area contributed by atoms with Crippen LogP contribution in [0.25, 0.3) is 20.9 Å². The minimum Gasteiger partial charge on any atom is -0.397 e. The molecule has 150 valence electrons. The van der Waals surface area contributed by atoms with Crippen molar-refractivity contribution in [2.75, 3.05) is 19.5 Å². The van der Waals surface area contributed by atoms with Crippen LogP contribution in [0.2, 0.25) is 0 Å². The molecule has 3 heterocycles. The van der Waals surface area contributed by atoms with Gasteiger partial charge in [-0.05, 0) is 30.3 Å². The highest BCUT2D eigenvalue weighted by molar-refractivity contribution is 7.98. The maximum atomic E-state index is 14.0. The fourth-order valence-electron chi connectivity index (χ4n) is 2.86. The molecular formula is C19H17F2N5OS2. The van der Waals surface area contributed by atoms with E-state index in [0.29, 0.717) is 29.8 Å². The molecule has 0 saturated carbocycles. The molecule has 4 aromatic rings. The molecule has 10 heteroatoms. The number of hydrogen-bond acceptors (Lipinski definition) is 7. The fraction of sp³-hybridized carbons (Fsp3) is 0.211. The molecule has 6 nitrogen and oxygen atoms in total. The third kappa shape index (κ3) is 3.96. The number of pyridine rings is 1. The molecule has 0 atom stereocenters. The molecule has 0 radical (unpaired) electrons. The summed E-state index contributed by atoms with van der Waals surface area (Å²) in [6.45, 7) is 0.934. The van der Waals surface area contributed by atoms with Crippen LogP contribution >= 0.6 is 23.1 Å². The van der Waals surface area contributed by atoms with Crippen LogP contribution in [-0.2, 0) is 17.0 Å². The number of ether oxygens (including phenoxy) is 1. The monoisotopic (exact) mass is 433 g/mol. The summed E-state index contributed by atoms with van der Waals surface area (Å²) in [5.41, 5.74) is 7.20. The van der Waals surface area contributed by atoms with E-state index in [2.05, 4.69) is 15.2 Å². The third-order valence-corrected chi connectivity index (χ3v) is 6.45. The van der Waals surface area contributed by atoms with Crippen molar-refractivity contribution < 1.29 is 13.5 Å². The molecule has 0 unspecified atom stereocenters. The zero-order valence-electron chi connectivity index (χ0n) is 15.4. The summed E-state index contributed by atoms with van der Waals surface area (Å²) in [6, 6.07) is 7.16. The quantitative estimate of drug-likeness (QED) is 0.437. The number of nitrogens with two attached hydrogens (primary N) is 1.